The average Bonchev–Trinajstić information content (AvgIpc) is 2.53. The Balaban J connectivity index is 2.27. The summed E-state index contributed by atoms with van der Waals surface area (Å²) in [5, 5.41) is 3.70. The summed E-state index contributed by atoms with van der Waals surface area (Å²) in [6.45, 7) is 7.77. The van der Waals surface area contributed by atoms with Crippen LogP contribution in [0, 0.1) is 6.92 Å². The number of aryl methyl sites for hydroxylation is 1. The molecule has 0 fully saturated rings. The van der Waals surface area contributed by atoms with Gasteiger partial charge < -0.3 is 10.2 Å². The van der Waals surface area contributed by atoms with Gasteiger partial charge in [-0.25, -0.2) is 9.97 Å². The summed E-state index contributed by atoms with van der Waals surface area (Å²) in [5.74, 6) is 0.260. The molecule has 1 amide bonds. The van der Waals surface area contributed by atoms with E-state index in [9.17, 15) is 4.79 Å². The first-order valence-corrected chi connectivity index (χ1v) is 9.06. The third kappa shape index (κ3) is 5.58. The van der Waals surface area contributed by atoms with Crippen molar-refractivity contribution in [3.8, 4) is 0 Å². The zero-order valence-electron chi connectivity index (χ0n) is 14.6. The van der Waals surface area contributed by atoms with Crippen molar-refractivity contribution in [3.63, 3.8) is 0 Å². The molecule has 0 atom stereocenters. The number of rotatable bonds is 7. The molecule has 0 spiro atoms. The maximum Gasteiger partial charge on any atom is 0.274 e. The Morgan fingerprint density at radius 1 is 1.04 bits per heavy atom. The Morgan fingerprint density at radius 3 is 2.20 bits per heavy atom. The van der Waals surface area contributed by atoms with E-state index < -0.39 is 0 Å². The van der Waals surface area contributed by atoms with Gasteiger partial charge in [0.1, 0.15) is 5.69 Å². The minimum Gasteiger partial charge on any atom is -0.341 e. The third-order valence-electron chi connectivity index (χ3n) is 3.47. The van der Waals surface area contributed by atoms with Crippen LogP contribution >= 0.6 is 23.2 Å². The Hall–Kier alpha value is -1.85. The second-order valence-electron chi connectivity index (χ2n) is 5.79. The number of hydrogen-bond donors (Lipinski definition) is 1. The fraction of sp³-hybridized carbons (Fsp3) is 0.389. The Labute approximate surface area is 158 Å². The van der Waals surface area contributed by atoms with Gasteiger partial charge in [0, 0.05) is 34.5 Å². The van der Waals surface area contributed by atoms with Crippen molar-refractivity contribution in [1.82, 2.24) is 9.97 Å². The number of carbonyl (C=O) groups is 1. The molecule has 5 nitrogen and oxygen atoms in total. The van der Waals surface area contributed by atoms with Gasteiger partial charge in [0.25, 0.3) is 5.91 Å². The van der Waals surface area contributed by atoms with Gasteiger partial charge in [-0.15, -0.1) is 0 Å². The first-order chi connectivity index (χ1) is 11.9. The van der Waals surface area contributed by atoms with E-state index in [-0.39, 0.29) is 5.91 Å². The lowest BCUT2D eigenvalue weighted by molar-refractivity contribution is 0.102. The topological polar surface area (TPSA) is 58.1 Å². The zero-order chi connectivity index (χ0) is 18.4. The van der Waals surface area contributed by atoms with Crippen LogP contribution in [-0.2, 0) is 0 Å². The molecule has 25 heavy (non-hydrogen) atoms. The normalized spacial score (nSPS) is 10.6. The number of amides is 1. The molecule has 0 saturated carbocycles. The first-order valence-electron chi connectivity index (χ1n) is 8.31. The van der Waals surface area contributed by atoms with Crippen molar-refractivity contribution in [2.75, 3.05) is 23.3 Å². The molecule has 1 aromatic heterocycles. The predicted octanol–water partition coefficient (Wildman–Crippen LogP) is 4.97. The fourth-order valence-corrected chi connectivity index (χ4v) is 3.01. The number of nitrogens with zero attached hydrogens (tertiary/aromatic N) is 3. The summed E-state index contributed by atoms with van der Waals surface area (Å²) in [7, 11) is 0. The summed E-state index contributed by atoms with van der Waals surface area (Å²) in [5.41, 5.74) is 1.59. The second kappa shape index (κ2) is 9.02. The number of hydrogen-bond acceptors (Lipinski definition) is 4. The lowest BCUT2D eigenvalue weighted by Gasteiger charge is -2.22. The van der Waals surface area contributed by atoms with Crippen molar-refractivity contribution in [2.45, 2.75) is 33.6 Å². The minimum absolute atomic E-state index is 0.316. The summed E-state index contributed by atoms with van der Waals surface area (Å²) < 4.78 is 0. The zero-order valence-corrected chi connectivity index (χ0v) is 16.2. The fourth-order valence-electron chi connectivity index (χ4n) is 2.48. The molecule has 1 heterocycles. The van der Waals surface area contributed by atoms with Crippen LogP contribution in [0.2, 0.25) is 10.0 Å². The molecular weight excluding hydrogens is 359 g/mol. The number of nitrogens with one attached hydrogen (secondary N) is 1. The number of carbonyl (C=O) groups excluding carboxylic acids is 1. The Kier molecular flexibility index (Phi) is 7.02. The highest BCUT2D eigenvalue weighted by Gasteiger charge is 2.15. The van der Waals surface area contributed by atoms with Crippen molar-refractivity contribution >= 4 is 40.7 Å². The Bertz CT molecular complexity index is 726. The predicted molar refractivity (Wildman–Crippen MR) is 104 cm³/mol. The monoisotopic (exact) mass is 380 g/mol. The van der Waals surface area contributed by atoms with E-state index in [1.807, 2.05) is 6.92 Å². The number of halogens is 2. The highest BCUT2D eigenvalue weighted by Crippen LogP contribution is 2.23. The summed E-state index contributed by atoms with van der Waals surface area (Å²) in [6.07, 6.45) is 1.97. The van der Waals surface area contributed by atoms with Crippen LogP contribution in [0.4, 0.5) is 11.6 Å². The molecule has 0 radical (unpaired) electrons. The van der Waals surface area contributed by atoms with Crippen LogP contribution in [-0.4, -0.2) is 29.0 Å². The summed E-state index contributed by atoms with van der Waals surface area (Å²) in [4.78, 5) is 23.6. The van der Waals surface area contributed by atoms with Crippen LogP contribution in [0.15, 0.2) is 24.3 Å². The highest BCUT2D eigenvalue weighted by molar-refractivity contribution is 6.35. The molecule has 0 saturated heterocycles. The van der Waals surface area contributed by atoms with Gasteiger partial charge in [0.05, 0.1) is 0 Å². The second-order valence-corrected chi connectivity index (χ2v) is 6.67. The maximum absolute atomic E-state index is 12.6. The van der Waals surface area contributed by atoms with Gasteiger partial charge in [-0.2, -0.15) is 0 Å². The molecule has 134 valence electrons. The standard InChI is InChI=1S/C18H22Cl2N4O/c1-4-6-24(7-5-2)18-21-12(3)8-16(23-18)17(25)22-15-10-13(19)9-14(20)11-15/h8-11H,4-7H2,1-3H3,(H,22,25). The van der Waals surface area contributed by atoms with Crippen molar-refractivity contribution in [1.29, 1.82) is 0 Å². The largest absolute Gasteiger partial charge is 0.341 e. The molecule has 0 aliphatic heterocycles. The molecule has 1 aromatic carbocycles. The van der Waals surface area contributed by atoms with Gasteiger partial charge in [0.15, 0.2) is 0 Å². The number of benzene rings is 1. The van der Waals surface area contributed by atoms with Gasteiger partial charge in [-0.3, -0.25) is 4.79 Å². The molecule has 2 rings (SSSR count). The molecule has 1 N–H and O–H groups in total. The minimum atomic E-state index is -0.321. The van der Waals surface area contributed by atoms with Crippen molar-refractivity contribution in [2.24, 2.45) is 0 Å². The molecular formula is C18H22Cl2N4O. The Morgan fingerprint density at radius 2 is 1.64 bits per heavy atom. The van der Waals surface area contributed by atoms with E-state index in [0.29, 0.717) is 27.4 Å². The number of anilines is 2. The van der Waals surface area contributed by atoms with Crippen LogP contribution in [0.5, 0.6) is 0 Å². The van der Waals surface area contributed by atoms with Gasteiger partial charge >= 0.3 is 0 Å². The summed E-state index contributed by atoms with van der Waals surface area (Å²) >= 11 is 11.9. The van der Waals surface area contributed by atoms with E-state index in [4.69, 9.17) is 23.2 Å². The maximum atomic E-state index is 12.6. The first kappa shape index (κ1) is 19.5. The van der Waals surface area contributed by atoms with E-state index in [2.05, 4.69) is 34.0 Å². The van der Waals surface area contributed by atoms with Crippen LogP contribution in [0.3, 0.4) is 0 Å². The van der Waals surface area contributed by atoms with Crippen LogP contribution < -0.4 is 10.2 Å². The van der Waals surface area contributed by atoms with Crippen molar-refractivity contribution in [3.05, 3.63) is 45.7 Å². The van der Waals surface area contributed by atoms with Crippen molar-refractivity contribution < 1.29 is 4.79 Å². The molecule has 7 heteroatoms. The van der Waals surface area contributed by atoms with Gasteiger partial charge in [-0.05, 0) is 44.0 Å². The molecule has 0 aliphatic carbocycles. The third-order valence-corrected chi connectivity index (χ3v) is 3.90. The molecule has 0 aliphatic rings. The summed E-state index contributed by atoms with van der Waals surface area (Å²) in [6, 6.07) is 6.56. The SMILES string of the molecule is CCCN(CCC)c1nc(C)cc(C(=O)Nc2cc(Cl)cc(Cl)c2)n1. The van der Waals surface area contributed by atoms with E-state index in [1.54, 1.807) is 24.3 Å². The van der Waals surface area contributed by atoms with Crippen LogP contribution in [0.1, 0.15) is 42.9 Å². The number of aromatic nitrogens is 2. The van der Waals surface area contributed by atoms with E-state index in [0.717, 1.165) is 31.6 Å². The molecule has 0 bridgehead atoms. The van der Waals surface area contributed by atoms with E-state index >= 15 is 0 Å². The van der Waals surface area contributed by atoms with Crippen LogP contribution in [0.25, 0.3) is 0 Å². The lowest BCUT2D eigenvalue weighted by Crippen LogP contribution is -2.28. The molecule has 2 aromatic rings. The molecule has 0 unspecified atom stereocenters. The van der Waals surface area contributed by atoms with Gasteiger partial charge in [0.2, 0.25) is 5.95 Å². The van der Waals surface area contributed by atoms with E-state index in [1.165, 1.54) is 0 Å². The lowest BCUT2D eigenvalue weighted by atomic mass is 10.2. The quantitative estimate of drug-likeness (QED) is 0.736. The van der Waals surface area contributed by atoms with Gasteiger partial charge in [-0.1, -0.05) is 37.0 Å². The smallest absolute Gasteiger partial charge is 0.274 e. The average molecular weight is 381 g/mol. The highest BCUT2D eigenvalue weighted by atomic mass is 35.5.